The van der Waals surface area contributed by atoms with Crippen LogP contribution in [0.25, 0.3) is 11.0 Å². The summed E-state index contributed by atoms with van der Waals surface area (Å²) in [5.74, 6) is -0.146. The third-order valence-electron chi connectivity index (χ3n) is 3.89. The van der Waals surface area contributed by atoms with Crippen LogP contribution in [0.5, 0.6) is 5.75 Å². The maximum absolute atomic E-state index is 12.3. The van der Waals surface area contributed by atoms with E-state index in [0.29, 0.717) is 23.5 Å². The normalized spacial score (nSPS) is 10.8. The molecule has 0 N–H and O–H groups in total. The highest BCUT2D eigenvalue weighted by Gasteiger charge is 2.11. The molecule has 1 aromatic heterocycles. The zero-order valence-corrected chi connectivity index (χ0v) is 14.1. The van der Waals surface area contributed by atoms with Crippen LogP contribution >= 0.6 is 0 Å². The summed E-state index contributed by atoms with van der Waals surface area (Å²) in [6.07, 6.45) is 0.717. The van der Waals surface area contributed by atoms with E-state index < -0.39 is 11.6 Å². The standard InChI is InChI=1S/C20H18O5/c1-3-14-10-19(21)25-18-11-16(8-9-17(14)18)24-20(22)15-6-4-13(5-7-15)12-23-2/h4-11H,3,12H2,1-2H3. The van der Waals surface area contributed by atoms with Gasteiger partial charge < -0.3 is 13.9 Å². The van der Waals surface area contributed by atoms with Crippen LogP contribution in [0.2, 0.25) is 0 Å². The molecule has 3 rings (SSSR count). The van der Waals surface area contributed by atoms with Gasteiger partial charge in [0.1, 0.15) is 11.3 Å². The van der Waals surface area contributed by atoms with E-state index >= 15 is 0 Å². The van der Waals surface area contributed by atoms with Gasteiger partial charge in [0.15, 0.2) is 0 Å². The minimum Gasteiger partial charge on any atom is -0.423 e. The first-order chi connectivity index (χ1) is 12.1. The van der Waals surface area contributed by atoms with Crippen molar-refractivity contribution in [2.75, 3.05) is 7.11 Å². The van der Waals surface area contributed by atoms with Gasteiger partial charge in [-0.3, -0.25) is 0 Å². The van der Waals surface area contributed by atoms with E-state index in [9.17, 15) is 9.59 Å². The van der Waals surface area contributed by atoms with Crippen LogP contribution in [-0.4, -0.2) is 13.1 Å². The molecule has 1 heterocycles. The maximum atomic E-state index is 12.3. The van der Waals surface area contributed by atoms with Gasteiger partial charge in [-0.05, 0) is 41.8 Å². The van der Waals surface area contributed by atoms with E-state index in [1.807, 2.05) is 19.1 Å². The molecule has 2 aromatic carbocycles. The topological polar surface area (TPSA) is 65.7 Å². The van der Waals surface area contributed by atoms with Gasteiger partial charge in [0.2, 0.25) is 0 Å². The summed E-state index contributed by atoms with van der Waals surface area (Å²) in [7, 11) is 1.62. The van der Waals surface area contributed by atoms with Crippen LogP contribution in [0.4, 0.5) is 0 Å². The molecule has 0 saturated carbocycles. The second kappa shape index (κ2) is 7.32. The Hall–Kier alpha value is -2.92. The molecule has 0 saturated heterocycles. The Labute approximate surface area is 144 Å². The quantitative estimate of drug-likeness (QED) is 0.403. The summed E-state index contributed by atoms with van der Waals surface area (Å²) in [4.78, 5) is 23.9. The number of rotatable bonds is 5. The number of carbonyl (C=O) groups excluding carboxylic acids is 1. The predicted octanol–water partition coefficient (Wildman–Crippen LogP) is 3.72. The molecule has 0 spiro atoms. The number of ether oxygens (including phenoxy) is 2. The Morgan fingerprint density at radius 1 is 1.08 bits per heavy atom. The fourth-order valence-corrected chi connectivity index (χ4v) is 2.64. The van der Waals surface area contributed by atoms with E-state index in [2.05, 4.69) is 0 Å². The summed E-state index contributed by atoms with van der Waals surface area (Å²) >= 11 is 0. The van der Waals surface area contributed by atoms with Crippen molar-refractivity contribution >= 4 is 16.9 Å². The van der Waals surface area contributed by atoms with Gasteiger partial charge in [-0.25, -0.2) is 9.59 Å². The largest absolute Gasteiger partial charge is 0.423 e. The Kier molecular flexibility index (Phi) is 4.95. The number of hydrogen-bond acceptors (Lipinski definition) is 5. The van der Waals surface area contributed by atoms with E-state index in [-0.39, 0.29) is 0 Å². The fraction of sp³-hybridized carbons (Fsp3) is 0.200. The van der Waals surface area contributed by atoms with Gasteiger partial charge in [0, 0.05) is 24.6 Å². The molecular formula is C20H18O5. The number of hydrogen-bond donors (Lipinski definition) is 0. The van der Waals surface area contributed by atoms with Crippen molar-refractivity contribution in [2.24, 2.45) is 0 Å². The molecular weight excluding hydrogens is 320 g/mol. The summed E-state index contributed by atoms with van der Waals surface area (Å²) in [6.45, 7) is 2.45. The molecule has 0 aliphatic rings. The highest BCUT2D eigenvalue weighted by molar-refractivity contribution is 5.91. The number of methoxy groups -OCH3 is 1. The van der Waals surface area contributed by atoms with Crippen molar-refractivity contribution in [2.45, 2.75) is 20.0 Å². The lowest BCUT2D eigenvalue weighted by atomic mass is 10.1. The Bertz CT molecular complexity index is 954. The summed E-state index contributed by atoms with van der Waals surface area (Å²) in [6, 6.07) is 13.5. The molecule has 0 aliphatic carbocycles. The lowest BCUT2D eigenvalue weighted by Crippen LogP contribution is -2.08. The van der Waals surface area contributed by atoms with Gasteiger partial charge in [-0.2, -0.15) is 0 Å². The Balaban J connectivity index is 1.84. The third kappa shape index (κ3) is 3.78. The van der Waals surface area contributed by atoms with Crippen LogP contribution in [0.15, 0.2) is 57.7 Å². The minimum atomic E-state index is -0.475. The van der Waals surface area contributed by atoms with Gasteiger partial charge in [-0.15, -0.1) is 0 Å². The summed E-state index contributed by atoms with van der Waals surface area (Å²) < 4.78 is 15.6. The number of aryl methyl sites for hydroxylation is 1. The average Bonchev–Trinajstić information content (AvgIpc) is 2.61. The molecule has 25 heavy (non-hydrogen) atoms. The average molecular weight is 338 g/mol. The molecule has 0 atom stereocenters. The van der Waals surface area contributed by atoms with Crippen molar-refractivity contribution in [3.05, 3.63) is 75.6 Å². The van der Waals surface area contributed by atoms with Crippen LogP contribution in [0, 0.1) is 0 Å². The second-order valence-corrected chi connectivity index (χ2v) is 5.62. The van der Waals surface area contributed by atoms with Gasteiger partial charge in [-0.1, -0.05) is 19.1 Å². The first kappa shape index (κ1) is 16.9. The van der Waals surface area contributed by atoms with E-state index in [0.717, 1.165) is 22.9 Å². The molecule has 0 amide bonds. The van der Waals surface area contributed by atoms with Crippen LogP contribution < -0.4 is 10.4 Å². The van der Waals surface area contributed by atoms with Gasteiger partial charge >= 0.3 is 11.6 Å². The number of carbonyl (C=O) groups is 1. The monoisotopic (exact) mass is 338 g/mol. The number of benzene rings is 2. The zero-order chi connectivity index (χ0) is 17.8. The first-order valence-electron chi connectivity index (χ1n) is 7.97. The Morgan fingerprint density at radius 3 is 2.52 bits per heavy atom. The molecule has 0 bridgehead atoms. The smallest absolute Gasteiger partial charge is 0.343 e. The molecule has 0 radical (unpaired) electrons. The van der Waals surface area contributed by atoms with Gasteiger partial charge in [0.05, 0.1) is 12.2 Å². The van der Waals surface area contributed by atoms with Gasteiger partial charge in [0.25, 0.3) is 0 Å². The predicted molar refractivity (Wildman–Crippen MR) is 94.0 cm³/mol. The lowest BCUT2D eigenvalue weighted by Gasteiger charge is -2.07. The molecule has 128 valence electrons. The van der Waals surface area contributed by atoms with Crippen LogP contribution in [-0.2, 0) is 17.8 Å². The lowest BCUT2D eigenvalue weighted by molar-refractivity contribution is 0.0735. The van der Waals surface area contributed by atoms with Crippen LogP contribution in [0.3, 0.4) is 0 Å². The highest BCUT2D eigenvalue weighted by atomic mass is 16.5. The van der Waals surface area contributed by atoms with Crippen LogP contribution in [0.1, 0.15) is 28.4 Å². The van der Waals surface area contributed by atoms with Crippen molar-refractivity contribution < 1.29 is 18.7 Å². The van der Waals surface area contributed by atoms with Crippen molar-refractivity contribution in [3.63, 3.8) is 0 Å². The molecule has 0 aliphatic heterocycles. The van der Waals surface area contributed by atoms with Crippen molar-refractivity contribution in [3.8, 4) is 5.75 Å². The third-order valence-corrected chi connectivity index (χ3v) is 3.89. The maximum Gasteiger partial charge on any atom is 0.343 e. The van der Waals surface area contributed by atoms with Crippen molar-refractivity contribution in [1.82, 2.24) is 0 Å². The second-order valence-electron chi connectivity index (χ2n) is 5.62. The fourth-order valence-electron chi connectivity index (χ4n) is 2.64. The molecule has 0 unspecified atom stereocenters. The number of fused-ring (bicyclic) bond motifs is 1. The van der Waals surface area contributed by atoms with E-state index in [1.165, 1.54) is 6.07 Å². The molecule has 5 nitrogen and oxygen atoms in total. The Morgan fingerprint density at radius 2 is 1.84 bits per heavy atom. The highest BCUT2D eigenvalue weighted by Crippen LogP contribution is 2.23. The first-order valence-corrected chi connectivity index (χ1v) is 7.97. The molecule has 5 heteroatoms. The van der Waals surface area contributed by atoms with E-state index in [4.69, 9.17) is 13.9 Å². The minimum absolute atomic E-state index is 0.329. The van der Waals surface area contributed by atoms with Crippen molar-refractivity contribution in [1.29, 1.82) is 0 Å². The van der Waals surface area contributed by atoms with E-state index in [1.54, 1.807) is 37.4 Å². The molecule has 0 fully saturated rings. The SMILES string of the molecule is CCc1cc(=O)oc2cc(OC(=O)c3ccc(COC)cc3)ccc12. The number of esters is 1. The summed E-state index contributed by atoms with van der Waals surface area (Å²) in [5.41, 5.74) is 2.30. The zero-order valence-electron chi connectivity index (χ0n) is 14.1. The summed E-state index contributed by atoms with van der Waals surface area (Å²) in [5, 5.41) is 0.839. The molecule has 3 aromatic rings.